The molecule has 126 valence electrons. The molecule has 23 heavy (non-hydrogen) atoms. The van der Waals surface area contributed by atoms with Gasteiger partial charge < -0.3 is 5.32 Å². The molecule has 0 bridgehead atoms. The van der Waals surface area contributed by atoms with Gasteiger partial charge in [0.25, 0.3) is 0 Å². The van der Waals surface area contributed by atoms with Crippen LogP contribution in [0.25, 0.3) is 0 Å². The van der Waals surface area contributed by atoms with Crippen molar-refractivity contribution < 1.29 is 0 Å². The lowest BCUT2D eigenvalue weighted by molar-refractivity contribution is 0.356. The Bertz CT molecular complexity index is 661. The minimum absolute atomic E-state index is 0.0886. The third kappa shape index (κ3) is 3.47. The molecule has 2 aromatic heterocycles. The van der Waals surface area contributed by atoms with E-state index in [0.717, 1.165) is 37.6 Å². The standard InChI is InChI=1S/C17H28N6/c1-11(2)16-20-14-7-6-13(10-23(14)22-16)18-8-12-9-19-21-15(12)17(3,4)5/h9,11,13,18H,6-8,10H2,1-5H3,(H,19,21)/t13-/m1/s1. The van der Waals surface area contributed by atoms with Crippen LogP contribution >= 0.6 is 0 Å². The lowest BCUT2D eigenvalue weighted by Gasteiger charge is -2.24. The zero-order valence-electron chi connectivity index (χ0n) is 14.8. The molecule has 3 rings (SSSR count). The summed E-state index contributed by atoms with van der Waals surface area (Å²) in [5.41, 5.74) is 2.56. The van der Waals surface area contributed by atoms with Crippen molar-refractivity contribution in [3.63, 3.8) is 0 Å². The highest BCUT2D eigenvalue weighted by Gasteiger charge is 2.24. The molecule has 6 heteroatoms. The number of nitrogens with zero attached hydrogens (tertiary/aromatic N) is 4. The molecule has 0 saturated heterocycles. The van der Waals surface area contributed by atoms with Crippen LogP contribution in [0.4, 0.5) is 0 Å². The van der Waals surface area contributed by atoms with Crippen molar-refractivity contribution in [2.75, 3.05) is 0 Å². The van der Waals surface area contributed by atoms with Gasteiger partial charge in [0.15, 0.2) is 5.82 Å². The summed E-state index contributed by atoms with van der Waals surface area (Å²) < 4.78 is 2.08. The predicted molar refractivity (Wildman–Crippen MR) is 90.3 cm³/mol. The summed E-state index contributed by atoms with van der Waals surface area (Å²) >= 11 is 0. The molecule has 0 unspecified atom stereocenters. The zero-order chi connectivity index (χ0) is 16.6. The van der Waals surface area contributed by atoms with Gasteiger partial charge in [-0.2, -0.15) is 10.2 Å². The number of aryl methyl sites for hydroxylation is 1. The van der Waals surface area contributed by atoms with Gasteiger partial charge in [-0.15, -0.1) is 0 Å². The van der Waals surface area contributed by atoms with E-state index in [-0.39, 0.29) is 5.41 Å². The van der Waals surface area contributed by atoms with E-state index < -0.39 is 0 Å². The molecule has 0 saturated carbocycles. The Balaban J connectivity index is 1.63. The van der Waals surface area contributed by atoms with Gasteiger partial charge in [0, 0.05) is 41.6 Å². The normalized spacial score (nSPS) is 18.4. The Kier molecular flexibility index (Phi) is 4.27. The number of nitrogens with one attached hydrogen (secondary N) is 2. The number of hydrogen-bond acceptors (Lipinski definition) is 4. The fourth-order valence-corrected chi connectivity index (χ4v) is 3.09. The van der Waals surface area contributed by atoms with Crippen LogP contribution in [0.3, 0.4) is 0 Å². The summed E-state index contributed by atoms with van der Waals surface area (Å²) in [5, 5.41) is 15.7. The van der Waals surface area contributed by atoms with Crippen LogP contribution in [-0.4, -0.2) is 31.0 Å². The van der Waals surface area contributed by atoms with Gasteiger partial charge in [0.05, 0.1) is 12.7 Å². The van der Waals surface area contributed by atoms with Crippen LogP contribution in [0.15, 0.2) is 6.20 Å². The van der Waals surface area contributed by atoms with Crippen LogP contribution in [-0.2, 0) is 24.9 Å². The quantitative estimate of drug-likeness (QED) is 0.909. The minimum Gasteiger partial charge on any atom is -0.308 e. The van der Waals surface area contributed by atoms with Crippen LogP contribution < -0.4 is 5.32 Å². The van der Waals surface area contributed by atoms with E-state index in [9.17, 15) is 0 Å². The summed E-state index contributed by atoms with van der Waals surface area (Å²) in [6.45, 7) is 12.7. The molecule has 0 spiro atoms. The molecule has 0 aliphatic carbocycles. The highest BCUT2D eigenvalue weighted by atomic mass is 15.4. The maximum Gasteiger partial charge on any atom is 0.153 e. The zero-order valence-corrected chi connectivity index (χ0v) is 14.8. The fraction of sp³-hybridized carbons (Fsp3) is 0.706. The number of H-pyrrole nitrogens is 1. The maximum atomic E-state index is 4.65. The molecular formula is C17H28N6. The average molecular weight is 316 g/mol. The number of aromatic nitrogens is 5. The second-order valence-electron chi connectivity index (χ2n) is 7.86. The van der Waals surface area contributed by atoms with E-state index in [1.807, 2.05) is 6.20 Å². The number of fused-ring (bicyclic) bond motifs is 1. The lowest BCUT2D eigenvalue weighted by Crippen LogP contribution is -2.37. The van der Waals surface area contributed by atoms with Gasteiger partial charge in [0.2, 0.25) is 0 Å². The van der Waals surface area contributed by atoms with Gasteiger partial charge in [0.1, 0.15) is 5.82 Å². The van der Waals surface area contributed by atoms with E-state index in [0.29, 0.717) is 12.0 Å². The Morgan fingerprint density at radius 3 is 2.87 bits per heavy atom. The third-order valence-electron chi connectivity index (χ3n) is 4.44. The first-order chi connectivity index (χ1) is 10.8. The van der Waals surface area contributed by atoms with Crippen LogP contribution in [0, 0.1) is 0 Å². The second-order valence-corrected chi connectivity index (χ2v) is 7.86. The average Bonchev–Trinajstić information content (AvgIpc) is 3.10. The highest BCUT2D eigenvalue weighted by Crippen LogP contribution is 2.24. The van der Waals surface area contributed by atoms with Gasteiger partial charge in [-0.25, -0.2) is 9.67 Å². The van der Waals surface area contributed by atoms with Crippen molar-refractivity contribution in [1.29, 1.82) is 0 Å². The van der Waals surface area contributed by atoms with Crippen LogP contribution in [0.1, 0.15) is 69.9 Å². The van der Waals surface area contributed by atoms with E-state index in [4.69, 9.17) is 0 Å². The van der Waals surface area contributed by atoms with Crippen molar-refractivity contribution in [3.05, 3.63) is 29.1 Å². The van der Waals surface area contributed by atoms with Crippen molar-refractivity contribution in [1.82, 2.24) is 30.3 Å². The van der Waals surface area contributed by atoms with Gasteiger partial charge in [-0.05, 0) is 6.42 Å². The van der Waals surface area contributed by atoms with Crippen molar-refractivity contribution in [2.24, 2.45) is 0 Å². The van der Waals surface area contributed by atoms with Crippen LogP contribution in [0.2, 0.25) is 0 Å². The molecule has 2 aromatic rings. The summed E-state index contributed by atoms with van der Waals surface area (Å²) in [6.07, 6.45) is 4.04. The minimum atomic E-state index is 0.0886. The second kappa shape index (κ2) is 6.07. The molecule has 2 N–H and O–H groups in total. The smallest absolute Gasteiger partial charge is 0.153 e. The molecular weight excluding hydrogens is 288 g/mol. The third-order valence-corrected chi connectivity index (χ3v) is 4.44. The monoisotopic (exact) mass is 316 g/mol. The lowest BCUT2D eigenvalue weighted by atomic mass is 9.89. The Morgan fingerprint density at radius 2 is 2.17 bits per heavy atom. The highest BCUT2D eigenvalue weighted by molar-refractivity contribution is 5.23. The molecule has 1 aliphatic rings. The van der Waals surface area contributed by atoms with Gasteiger partial charge in [-0.3, -0.25) is 5.10 Å². The molecule has 3 heterocycles. The predicted octanol–water partition coefficient (Wildman–Crippen LogP) is 2.53. The van der Waals surface area contributed by atoms with Crippen molar-refractivity contribution in [2.45, 2.75) is 77.9 Å². The van der Waals surface area contributed by atoms with E-state index in [1.165, 1.54) is 11.3 Å². The summed E-state index contributed by atoms with van der Waals surface area (Å²) in [4.78, 5) is 4.65. The molecule has 1 atom stereocenters. The molecule has 0 aromatic carbocycles. The van der Waals surface area contributed by atoms with Crippen molar-refractivity contribution in [3.8, 4) is 0 Å². The first-order valence-corrected chi connectivity index (χ1v) is 8.54. The first-order valence-electron chi connectivity index (χ1n) is 8.54. The molecule has 0 radical (unpaired) electrons. The SMILES string of the molecule is CC(C)c1nc2n(n1)C[C@H](NCc1cn[nH]c1C(C)(C)C)CC2. The fourth-order valence-electron chi connectivity index (χ4n) is 3.09. The first kappa shape index (κ1) is 16.2. The Hall–Kier alpha value is -1.69. The Labute approximate surface area is 138 Å². The van der Waals surface area contributed by atoms with Crippen molar-refractivity contribution >= 4 is 0 Å². The maximum absolute atomic E-state index is 4.65. The van der Waals surface area contributed by atoms with Gasteiger partial charge in [-0.1, -0.05) is 34.6 Å². The Morgan fingerprint density at radius 1 is 1.39 bits per heavy atom. The molecule has 6 nitrogen and oxygen atoms in total. The van der Waals surface area contributed by atoms with E-state index in [1.54, 1.807) is 0 Å². The van der Waals surface area contributed by atoms with E-state index in [2.05, 4.69) is 64.9 Å². The number of rotatable bonds is 4. The number of hydrogen-bond donors (Lipinski definition) is 2. The van der Waals surface area contributed by atoms with Crippen LogP contribution in [0.5, 0.6) is 0 Å². The van der Waals surface area contributed by atoms with E-state index >= 15 is 0 Å². The molecule has 1 aliphatic heterocycles. The number of aromatic amines is 1. The topological polar surface area (TPSA) is 71.4 Å². The molecule has 0 amide bonds. The summed E-state index contributed by atoms with van der Waals surface area (Å²) in [7, 11) is 0. The molecule has 0 fully saturated rings. The summed E-state index contributed by atoms with van der Waals surface area (Å²) in [6, 6.07) is 0.437. The summed E-state index contributed by atoms with van der Waals surface area (Å²) in [5.74, 6) is 2.48. The largest absolute Gasteiger partial charge is 0.308 e. The van der Waals surface area contributed by atoms with Gasteiger partial charge >= 0.3 is 0 Å².